The first-order valence-electron chi connectivity index (χ1n) is 10.2. The van der Waals surface area contributed by atoms with Gasteiger partial charge in [0.25, 0.3) is 5.89 Å². The van der Waals surface area contributed by atoms with Crippen molar-refractivity contribution < 1.29 is 9.32 Å². The van der Waals surface area contributed by atoms with Gasteiger partial charge in [-0.05, 0) is 63.1 Å². The number of aryl methyl sites for hydroxylation is 2. The lowest BCUT2D eigenvalue weighted by Gasteiger charge is -2.31. The number of hydrogen-bond donors (Lipinski definition) is 1. The van der Waals surface area contributed by atoms with Gasteiger partial charge in [0.05, 0.1) is 12.5 Å². The van der Waals surface area contributed by atoms with Gasteiger partial charge in [0.2, 0.25) is 5.91 Å². The summed E-state index contributed by atoms with van der Waals surface area (Å²) < 4.78 is 5.43. The van der Waals surface area contributed by atoms with Gasteiger partial charge in [-0.3, -0.25) is 9.69 Å². The number of piperidine rings is 1. The number of anilines is 1. The number of rotatable bonds is 5. The summed E-state index contributed by atoms with van der Waals surface area (Å²) >= 11 is 6.17. The Morgan fingerprint density at radius 1 is 1.23 bits per heavy atom. The number of carbonyl (C=O) groups is 1. The molecule has 1 saturated heterocycles. The molecule has 0 saturated carbocycles. The van der Waals surface area contributed by atoms with Gasteiger partial charge in [0.15, 0.2) is 5.82 Å². The normalized spacial score (nSPS) is 17.1. The summed E-state index contributed by atoms with van der Waals surface area (Å²) in [7, 11) is 0. The van der Waals surface area contributed by atoms with Gasteiger partial charge in [-0.15, -0.1) is 0 Å². The molecule has 1 N–H and O–H groups in total. The molecule has 2 aromatic carbocycles. The van der Waals surface area contributed by atoms with Crippen LogP contribution in [0, 0.1) is 19.8 Å². The highest BCUT2D eigenvalue weighted by Crippen LogP contribution is 2.24. The highest BCUT2D eigenvalue weighted by Gasteiger charge is 2.27. The fourth-order valence-corrected chi connectivity index (χ4v) is 3.84. The molecule has 30 heavy (non-hydrogen) atoms. The second kappa shape index (κ2) is 8.98. The molecule has 0 radical (unpaired) electrons. The number of amides is 1. The van der Waals surface area contributed by atoms with Gasteiger partial charge < -0.3 is 9.84 Å². The van der Waals surface area contributed by atoms with E-state index in [1.807, 2.05) is 50.2 Å². The summed E-state index contributed by atoms with van der Waals surface area (Å²) in [5.41, 5.74) is 3.81. The molecule has 0 bridgehead atoms. The second-order valence-electron chi connectivity index (χ2n) is 7.91. The highest BCUT2D eigenvalue weighted by molar-refractivity contribution is 6.31. The Morgan fingerprint density at radius 2 is 2.03 bits per heavy atom. The summed E-state index contributed by atoms with van der Waals surface area (Å²) in [6.07, 6.45) is 1.82. The molecular weight excluding hydrogens is 400 g/mol. The lowest BCUT2D eigenvalue weighted by Crippen LogP contribution is -2.40. The molecule has 1 amide bonds. The lowest BCUT2D eigenvalue weighted by molar-refractivity contribution is -0.121. The molecule has 2 heterocycles. The third-order valence-corrected chi connectivity index (χ3v) is 5.85. The Balaban J connectivity index is 1.36. The summed E-state index contributed by atoms with van der Waals surface area (Å²) in [6, 6.07) is 13.6. The maximum Gasteiger partial charge on any atom is 0.257 e. The van der Waals surface area contributed by atoms with E-state index in [1.165, 1.54) is 5.56 Å². The smallest absolute Gasteiger partial charge is 0.257 e. The van der Waals surface area contributed by atoms with Crippen LogP contribution in [0.2, 0.25) is 5.02 Å². The minimum atomic E-state index is -0.0812. The van der Waals surface area contributed by atoms with E-state index in [1.54, 1.807) is 6.07 Å². The Labute approximate surface area is 181 Å². The fourth-order valence-electron chi connectivity index (χ4n) is 3.66. The fraction of sp³-hybridized carbons (Fsp3) is 0.348. The first-order chi connectivity index (χ1) is 14.5. The van der Waals surface area contributed by atoms with Crippen molar-refractivity contribution in [3.8, 4) is 11.5 Å². The first kappa shape index (κ1) is 20.6. The van der Waals surface area contributed by atoms with Gasteiger partial charge in [-0.2, -0.15) is 4.98 Å². The molecule has 0 aliphatic carbocycles. The monoisotopic (exact) mass is 424 g/mol. The quantitative estimate of drug-likeness (QED) is 0.633. The lowest BCUT2D eigenvalue weighted by atomic mass is 9.97. The molecular formula is C23H25ClN4O2. The molecule has 1 aromatic heterocycles. The number of nitrogens with one attached hydrogen (secondary N) is 1. The Hall–Kier alpha value is -2.70. The van der Waals surface area contributed by atoms with Gasteiger partial charge in [0, 0.05) is 22.8 Å². The number of carbonyl (C=O) groups excluding carboxylic acids is 1. The molecule has 6 nitrogen and oxygen atoms in total. The summed E-state index contributed by atoms with van der Waals surface area (Å²) in [6.45, 7) is 6.12. The van der Waals surface area contributed by atoms with Crippen molar-refractivity contribution >= 4 is 23.2 Å². The minimum Gasteiger partial charge on any atom is -0.334 e. The van der Waals surface area contributed by atoms with E-state index in [-0.39, 0.29) is 11.8 Å². The number of halogens is 1. The average molecular weight is 425 g/mol. The van der Waals surface area contributed by atoms with E-state index < -0.39 is 0 Å². The molecule has 1 atom stereocenters. The summed E-state index contributed by atoms with van der Waals surface area (Å²) in [4.78, 5) is 19.5. The third kappa shape index (κ3) is 4.89. The Bertz CT molecular complexity index is 1030. The number of aromatic nitrogens is 2. The molecule has 156 valence electrons. The minimum absolute atomic E-state index is 0.0214. The maximum absolute atomic E-state index is 12.7. The second-order valence-corrected chi connectivity index (χ2v) is 8.32. The Morgan fingerprint density at radius 3 is 2.80 bits per heavy atom. The van der Waals surface area contributed by atoms with Crippen molar-refractivity contribution in [1.29, 1.82) is 0 Å². The Kier molecular flexibility index (Phi) is 6.16. The average Bonchev–Trinajstić information content (AvgIpc) is 3.20. The SMILES string of the molecule is Cc1ccc(-c2nc(CN3CCC[C@H](C(=O)Nc4ccc(C)c(Cl)c4)C3)no2)cc1. The van der Waals surface area contributed by atoms with Crippen LogP contribution in [-0.4, -0.2) is 34.0 Å². The van der Waals surface area contributed by atoms with Crippen LogP contribution >= 0.6 is 11.6 Å². The van der Waals surface area contributed by atoms with Crippen molar-refractivity contribution in [2.24, 2.45) is 5.92 Å². The molecule has 4 rings (SSSR count). The zero-order valence-electron chi connectivity index (χ0n) is 17.2. The molecule has 0 unspecified atom stereocenters. The van der Waals surface area contributed by atoms with E-state index in [2.05, 4.69) is 20.4 Å². The van der Waals surface area contributed by atoms with Crippen molar-refractivity contribution in [2.75, 3.05) is 18.4 Å². The number of hydrogen-bond acceptors (Lipinski definition) is 5. The van der Waals surface area contributed by atoms with Gasteiger partial charge in [0.1, 0.15) is 0 Å². The zero-order chi connectivity index (χ0) is 21.1. The van der Waals surface area contributed by atoms with Crippen molar-refractivity contribution in [2.45, 2.75) is 33.2 Å². The highest BCUT2D eigenvalue weighted by atomic mass is 35.5. The van der Waals surface area contributed by atoms with Crippen LogP contribution in [0.15, 0.2) is 47.0 Å². The molecule has 0 spiro atoms. The predicted molar refractivity (Wildman–Crippen MR) is 117 cm³/mol. The van der Waals surface area contributed by atoms with Crippen LogP contribution < -0.4 is 5.32 Å². The summed E-state index contributed by atoms with van der Waals surface area (Å²) in [5.74, 6) is 1.10. The van der Waals surface area contributed by atoms with Crippen molar-refractivity contribution in [1.82, 2.24) is 15.0 Å². The van der Waals surface area contributed by atoms with E-state index in [0.29, 0.717) is 29.8 Å². The van der Waals surface area contributed by atoms with E-state index in [9.17, 15) is 4.79 Å². The summed E-state index contributed by atoms with van der Waals surface area (Å²) in [5, 5.41) is 7.77. The van der Waals surface area contributed by atoms with E-state index in [4.69, 9.17) is 16.1 Å². The van der Waals surface area contributed by atoms with Crippen molar-refractivity contribution in [3.63, 3.8) is 0 Å². The van der Waals surface area contributed by atoms with Crippen molar-refractivity contribution in [3.05, 3.63) is 64.4 Å². The van der Waals surface area contributed by atoms with E-state index >= 15 is 0 Å². The number of likely N-dealkylation sites (tertiary alicyclic amines) is 1. The molecule has 7 heteroatoms. The van der Waals surface area contributed by atoms with Gasteiger partial charge in [-0.25, -0.2) is 0 Å². The van der Waals surface area contributed by atoms with Crippen LogP contribution in [0.5, 0.6) is 0 Å². The molecule has 3 aromatic rings. The van der Waals surface area contributed by atoms with Gasteiger partial charge in [-0.1, -0.05) is 40.5 Å². The van der Waals surface area contributed by atoms with Crippen LogP contribution in [-0.2, 0) is 11.3 Å². The molecule has 1 aliphatic rings. The maximum atomic E-state index is 12.7. The predicted octanol–water partition coefficient (Wildman–Crippen LogP) is 4.86. The van der Waals surface area contributed by atoms with Crippen LogP contribution in [0.25, 0.3) is 11.5 Å². The van der Waals surface area contributed by atoms with Crippen LogP contribution in [0.1, 0.15) is 29.8 Å². The third-order valence-electron chi connectivity index (χ3n) is 5.45. The van der Waals surface area contributed by atoms with Crippen LogP contribution in [0.3, 0.4) is 0 Å². The van der Waals surface area contributed by atoms with Gasteiger partial charge >= 0.3 is 0 Å². The number of benzene rings is 2. The molecule has 1 aliphatic heterocycles. The largest absolute Gasteiger partial charge is 0.334 e. The topological polar surface area (TPSA) is 71.3 Å². The van der Waals surface area contributed by atoms with E-state index in [0.717, 1.165) is 36.2 Å². The first-order valence-corrected chi connectivity index (χ1v) is 10.5. The number of nitrogens with zero attached hydrogens (tertiary/aromatic N) is 3. The van der Waals surface area contributed by atoms with Crippen LogP contribution in [0.4, 0.5) is 5.69 Å². The standard InChI is InChI=1S/C23H25ClN4O2/c1-15-5-8-17(9-6-15)23-26-21(27-30-23)14-28-11-3-4-18(13-28)22(29)25-19-10-7-16(2)20(24)12-19/h5-10,12,18H,3-4,11,13-14H2,1-2H3,(H,25,29)/t18-/m0/s1. The zero-order valence-corrected chi connectivity index (χ0v) is 17.9. The molecule has 1 fully saturated rings.